The van der Waals surface area contributed by atoms with Gasteiger partial charge in [0.25, 0.3) is 0 Å². The summed E-state index contributed by atoms with van der Waals surface area (Å²) >= 11 is 0. The molecule has 1 saturated carbocycles. The predicted octanol–water partition coefficient (Wildman–Crippen LogP) is 2.26. The van der Waals surface area contributed by atoms with Crippen LogP contribution in [-0.2, 0) is 11.2 Å². The standard InChI is InChI=1S/C14H17NO2/c1-14(2)7-10(14)13(17)8-3-4-11-9(5-8)6-12(16)15-11/h3-5,10,13,17H,6-7H2,1-2H3,(H,15,16). The summed E-state index contributed by atoms with van der Waals surface area (Å²) in [5.74, 6) is 0.393. The Bertz CT molecular complexity index is 493. The summed E-state index contributed by atoms with van der Waals surface area (Å²) in [6.45, 7) is 4.36. The highest BCUT2D eigenvalue weighted by Crippen LogP contribution is 2.57. The van der Waals surface area contributed by atoms with Gasteiger partial charge in [-0.05, 0) is 34.9 Å². The molecule has 90 valence electrons. The van der Waals surface area contributed by atoms with E-state index in [1.54, 1.807) is 0 Å². The molecule has 2 N–H and O–H groups in total. The maximum atomic E-state index is 11.3. The minimum absolute atomic E-state index is 0.0402. The minimum Gasteiger partial charge on any atom is -0.388 e. The molecule has 2 aliphatic rings. The molecule has 1 heterocycles. The topological polar surface area (TPSA) is 49.3 Å². The Morgan fingerprint density at radius 3 is 2.82 bits per heavy atom. The Hall–Kier alpha value is -1.35. The molecule has 1 aliphatic carbocycles. The lowest BCUT2D eigenvalue weighted by molar-refractivity contribution is -0.115. The largest absolute Gasteiger partial charge is 0.388 e. The second-order valence-electron chi connectivity index (χ2n) is 5.89. The molecule has 3 nitrogen and oxygen atoms in total. The van der Waals surface area contributed by atoms with E-state index in [2.05, 4.69) is 19.2 Å². The summed E-state index contributed by atoms with van der Waals surface area (Å²) in [5, 5.41) is 13.1. The van der Waals surface area contributed by atoms with Gasteiger partial charge in [0.1, 0.15) is 0 Å². The van der Waals surface area contributed by atoms with Crippen LogP contribution < -0.4 is 5.32 Å². The van der Waals surface area contributed by atoms with Crippen LogP contribution in [0.2, 0.25) is 0 Å². The highest BCUT2D eigenvalue weighted by molar-refractivity contribution is 5.99. The summed E-state index contributed by atoms with van der Waals surface area (Å²) in [5.41, 5.74) is 3.09. The van der Waals surface area contributed by atoms with Crippen molar-refractivity contribution in [2.45, 2.75) is 32.8 Å². The number of carbonyl (C=O) groups excluding carboxylic acids is 1. The van der Waals surface area contributed by atoms with E-state index >= 15 is 0 Å². The van der Waals surface area contributed by atoms with Crippen LogP contribution in [0.1, 0.15) is 37.5 Å². The molecular weight excluding hydrogens is 214 g/mol. The van der Waals surface area contributed by atoms with E-state index in [-0.39, 0.29) is 11.3 Å². The van der Waals surface area contributed by atoms with E-state index in [4.69, 9.17) is 0 Å². The van der Waals surface area contributed by atoms with Crippen LogP contribution in [0.3, 0.4) is 0 Å². The van der Waals surface area contributed by atoms with Gasteiger partial charge < -0.3 is 10.4 Å². The molecule has 0 saturated heterocycles. The molecule has 1 aromatic rings. The Labute approximate surface area is 101 Å². The lowest BCUT2D eigenvalue weighted by atomic mass is 9.97. The molecule has 3 heteroatoms. The third kappa shape index (κ3) is 1.75. The third-order valence-corrected chi connectivity index (χ3v) is 4.07. The van der Waals surface area contributed by atoms with Crippen molar-refractivity contribution in [3.05, 3.63) is 29.3 Å². The van der Waals surface area contributed by atoms with Gasteiger partial charge in [0, 0.05) is 5.69 Å². The fourth-order valence-electron chi connectivity index (χ4n) is 2.71. The monoisotopic (exact) mass is 231 g/mol. The molecule has 1 fully saturated rings. The summed E-state index contributed by atoms with van der Waals surface area (Å²) in [6, 6.07) is 5.78. The molecule has 17 heavy (non-hydrogen) atoms. The van der Waals surface area contributed by atoms with Gasteiger partial charge in [0.15, 0.2) is 0 Å². The Kier molecular flexibility index (Phi) is 2.11. The van der Waals surface area contributed by atoms with Crippen LogP contribution in [0, 0.1) is 11.3 Å². The lowest BCUT2D eigenvalue weighted by Crippen LogP contribution is -2.05. The molecule has 3 rings (SSSR count). The summed E-state index contributed by atoms with van der Waals surface area (Å²) in [7, 11) is 0. The van der Waals surface area contributed by atoms with Crippen molar-refractivity contribution >= 4 is 11.6 Å². The lowest BCUT2D eigenvalue weighted by Gasteiger charge is -2.13. The van der Waals surface area contributed by atoms with Crippen LogP contribution in [0.25, 0.3) is 0 Å². The van der Waals surface area contributed by atoms with E-state index in [9.17, 15) is 9.90 Å². The molecule has 0 spiro atoms. The van der Waals surface area contributed by atoms with Crippen molar-refractivity contribution in [2.24, 2.45) is 11.3 Å². The number of fused-ring (bicyclic) bond motifs is 1. The number of hydrogen-bond donors (Lipinski definition) is 2. The number of benzene rings is 1. The van der Waals surface area contributed by atoms with Gasteiger partial charge in [-0.2, -0.15) is 0 Å². The average molecular weight is 231 g/mol. The molecule has 0 radical (unpaired) electrons. The second-order valence-corrected chi connectivity index (χ2v) is 5.89. The maximum Gasteiger partial charge on any atom is 0.228 e. The molecular formula is C14H17NO2. The van der Waals surface area contributed by atoms with Crippen molar-refractivity contribution in [3.63, 3.8) is 0 Å². The SMILES string of the molecule is CC1(C)CC1C(O)c1ccc2c(c1)CC(=O)N2. The third-order valence-electron chi connectivity index (χ3n) is 4.07. The van der Waals surface area contributed by atoms with Gasteiger partial charge in [-0.3, -0.25) is 4.79 Å². The van der Waals surface area contributed by atoms with Gasteiger partial charge in [-0.25, -0.2) is 0 Å². The van der Waals surface area contributed by atoms with Crippen molar-refractivity contribution in [2.75, 3.05) is 5.32 Å². The fourth-order valence-corrected chi connectivity index (χ4v) is 2.71. The highest BCUT2D eigenvalue weighted by Gasteiger charge is 2.50. The number of carbonyl (C=O) groups is 1. The van der Waals surface area contributed by atoms with Gasteiger partial charge in [-0.1, -0.05) is 26.0 Å². The van der Waals surface area contributed by atoms with Gasteiger partial charge in [-0.15, -0.1) is 0 Å². The Morgan fingerprint density at radius 2 is 2.18 bits per heavy atom. The first-order valence-corrected chi connectivity index (χ1v) is 6.08. The van der Waals surface area contributed by atoms with Crippen LogP contribution in [0.4, 0.5) is 5.69 Å². The molecule has 1 aromatic carbocycles. The van der Waals surface area contributed by atoms with Gasteiger partial charge in [0.05, 0.1) is 12.5 Å². The molecule has 0 aromatic heterocycles. The number of amides is 1. The fraction of sp³-hybridized carbons (Fsp3) is 0.500. The summed E-state index contributed by atoms with van der Waals surface area (Å²) in [4.78, 5) is 11.3. The van der Waals surface area contributed by atoms with Crippen molar-refractivity contribution in [1.29, 1.82) is 0 Å². The van der Waals surface area contributed by atoms with Crippen LogP contribution in [0.15, 0.2) is 18.2 Å². The van der Waals surface area contributed by atoms with Crippen molar-refractivity contribution in [1.82, 2.24) is 0 Å². The first-order chi connectivity index (χ1) is 7.97. The van der Waals surface area contributed by atoms with Gasteiger partial charge >= 0.3 is 0 Å². The van der Waals surface area contributed by atoms with E-state index in [0.717, 1.165) is 23.2 Å². The average Bonchev–Trinajstić information content (AvgIpc) is 2.73. The van der Waals surface area contributed by atoms with E-state index in [0.29, 0.717) is 12.3 Å². The van der Waals surface area contributed by atoms with E-state index in [1.807, 2.05) is 18.2 Å². The van der Waals surface area contributed by atoms with E-state index < -0.39 is 6.10 Å². The van der Waals surface area contributed by atoms with Crippen LogP contribution in [-0.4, -0.2) is 11.0 Å². The number of anilines is 1. The number of rotatable bonds is 2. The predicted molar refractivity (Wildman–Crippen MR) is 65.6 cm³/mol. The minimum atomic E-state index is -0.397. The zero-order chi connectivity index (χ0) is 12.2. The quantitative estimate of drug-likeness (QED) is 0.820. The Balaban J connectivity index is 1.86. The van der Waals surface area contributed by atoms with Gasteiger partial charge in [0.2, 0.25) is 5.91 Å². The highest BCUT2D eigenvalue weighted by atomic mass is 16.3. The second kappa shape index (κ2) is 3.33. The van der Waals surface area contributed by atoms with Crippen molar-refractivity contribution in [3.8, 4) is 0 Å². The number of aliphatic hydroxyl groups excluding tert-OH is 1. The number of hydrogen-bond acceptors (Lipinski definition) is 2. The molecule has 2 atom stereocenters. The normalized spacial score (nSPS) is 26.3. The maximum absolute atomic E-state index is 11.3. The first kappa shape index (κ1) is 10.8. The zero-order valence-corrected chi connectivity index (χ0v) is 10.2. The Morgan fingerprint density at radius 1 is 1.47 bits per heavy atom. The summed E-state index contributed by atoms with van der Waals surface area (Å²) < 4.78 is 0. The molecule has 1 aliphatic heterocycles. The summed E-state index contributed by atoms with van der Waals surface area (Å²) in [6.07, 6.45) is 1.11. The van der Waals surface area contributed by atoms with Crippen molar-refractivity contribution < 1.29 is 9.90 Å². The smallest absolute Gasteiger partial charge is 0.228 e. The van der Waals surface area contributed by atoms with E-state index in [1.165, 1.54) is 0 Å². The zero-order valence-electron chi connectivity index (χ0n) is 10.2. The first-order valence-electron chi connectivity index (χ1n) is 6.08. The number of aliphatic hydroxyl groups is 1. The molecule has 0 bridgehead atoms. The molecule has 2 unspecified atom stereocenters. The van der Waals surface area contributed by atoms with Crippen LogP contribution >= 0.6 is 0 Å². The van der Waals surface area contributed by atoms with Crippen LogP contribution in [0.5, 0.6) is 0 Å². The number of nitrogens with one attached hydrogen (secondary N) is 1. The molecule has 1 amide bonds.